The van der Waals surface area contributed by atoms with Crippen LogP contribution in [0.1, 0.15) is 24.0 Å². The smallest absolute Gasteiger partial charge is 0.407 e. The number of carbonyl (C=O) groups is 1. The normalized spacial score (nSPS) is 21.9. The Labute approximate surface area is 167 Å². The van der Waals surface area contributed by atoms with Crippen molar-refractivity contribution >= 4 is 39.3 Å². The van der Waals surface area contributed by atoms with E-state index in [9.17, 15) is 23.5 Å². The van der Waals surface area contributed by atoms with Crippen LogP contribution in [0.5, 0.6) is 0 Å². The van der Waals surface area contributed by atoms with E-state index in [-0.39, 0.29) is 6.54 Å². The fourth-order valence-electron chi connectivity index (χ4n) is 3.78. The Hall–Kier alpha value is -1.10. The van der Waals surface area contributed by atoms with Gasteiger partial charge in [0, 0.05) is 19.6 Å². The molecule has 0 bridgehead atoms. The molecule has 1 aromatic rings. The zero-order valence-electron chi connectivity index (χ0n) is 14.4. The number of sulfonamides is 1. The fourth-order valence-corrected chi connectivity index (χ4v) is 5.81. The topological polar surface area (TPSA) is 110 Å². The molecule has 1 fully saturated rings. The highest BCUT2D eigenvalue weighted by Crippen LogP contribution is 2.31. The fraction of sp³-hybridized carbons (Fsp3) is 0.562. The highest BCUT2D eigenvalue weighted by atomic mass is 35.5. The molecule has 27 heavy (non-hydrogen) atoms. The number of hydrogen-bond donors (Lipinski definition) is 3. The highest BCUT2D eigenvalue weighted by molar-refractivity contribution is 7.89. The SMILES string of the molecule is O=C(O)N1CCCC1C(CS(=O)(=O)N1CCc2cc(Cl)c(Cl)cc2C1)NO. The average Bonchev–Trinajstić information content (AvgIpc) is 3.10. The van der Waals surface area contributed by atoms with Crippen LogP contribution in [0.25, 0.3) is 0 Å². The first-order valence-electron chi connectivity index (χ1n) is 8.56. The Balaban J connectivity index is 1.76. The van der Waals surface area contributed by atoms with Crippen molar-refractivity contribution in [2.45, 2.75) is 37.9 Å². The van der Waals surface area contributed by atoms with Crippen LogP contribution in [-0.2, 0) is 23.0 Å². The summed E-state index contributed by atoms with van der Waals surface area (Å²) in [4.78, 5) is 12.5. The number of amides is 1. The number of fused-ring (bicyclic) bond motifs is 1. The second-order valence-corrected chi connectivity index (χ2v) is 9.65. The first kappa shape index (κ1) is 20.6. The van der Waals surface area contributed by atoms with E-state index in [2.05, 4.69) is 0 Å². The van der Waals surface area contributed by atoms with Crippen LogP contribution in [0.4, 0.5) is 4.79 Å². The summed E-state index contributed by atoms with van der Waals surface area (Å²) in [6, 6.07) is 1.94. The van der Waals surface area contributed by atoms with Crippen molar-refractivity contribution in [3.63, 3.8) is 0 Å². The predicted octanol–water partition coefficient (Wildman–Crippen LogP) is 2.17. The molecule has 0 spiro atoms. The zero-order chi connectivity index (χ0) is 19.8. The minimum atomic E-state index is -3.73. The van der Waals surface area contributed by atoms with Gasteiger partial charge in [0.2, 0.25) is 10.0 Å². The van der Waals surface area contributed by atoms with Crippen LogP contribution in [0.3, 0.4) is 0 Å². The molecule has 2 unspecified atom stereocenters. The molecule has 0 aromatic heterocycles. The van der Waals surface area contributed by atoms with Gasteiger partial charge < -0.3 is 15.2 Å². The predicted molar refractivity (Wildman–Crippen MR) is 101 cm³/mol. The van der Waals surface area contributed by atoms with Crippen molar-refractivity contribution < 1.29 is 23.5 Å². The molecular formula is C16H21Cl2N3O5S. The van der Waals surface area contributed by atoms with E-state index in [4.69, 9.17) is 23.2 Å². The van der Waals surface area contributed by atoms with Crippen LogP contribution < -0.4 is 5.48 Å². The van der Waals surface area contributed by atoms with Crippen molar-refractivity contribution in [1.29, 1.82) is 0 Å². The third-order valence-electron chi connectivity index (χ3n) is 5.18. The van der Waals surface area contributed by atoms with Gasteiger partial charge in [-0.1, -0.05) is 23.2 Å². The van der Waals surface area contributed by atoms with Crippen LogP contribution >= 0.6 is 23.2 Å². The molecule has 11 heteroatoms. The van der Waals surface area contributed by atoms with Gasteiger partial charge in [-0.15, -0.1) is 0 Å². The molecule has 8 nitrogen and oxygen atoms in total. The molecule has 3 N–H and O–H groups in total. The third-order valence-corrected chi connectivity index (χ3v) is 7.78. The van der Waals surface area contributed by atoms with Crippen molar-refractivity contribution in [2.75, 3.05) is 18.8 Å². The van der Waals surface area contributed by atoms with Crippen LogP contribution in [-0.4, -0.2) is 65.0 Å². The molecule has 2 atom stereocenters. The molecule has 1 amide bonds. The molecule has 2 aliphatic heterocycles. The summed E-state index contributed by atoms with van der Waals surface area (Å²) >= 11 is 12.1. The van der Waals surface area contributed by atoms with E-state index in [0.717, 1.165) is 11.1 Å². The first-order chi connectivity index (χ1) is 12.7. The van der Waals surface area contributed by atoms with E-state index in [1.807, 2.05) is 5.48 Å². The van der Waals surface area contributed by atoms with Crippen LogP contribution in [0.15, 0.2) is 12.1 Å². The van der Waals surface area contributed by atoms with Crippen LogP contribution in [0, 0.1) is 0 Å². The average molecular weight is 438 g/mol. The monoisotopic (exact) mass is 437 g/mol. The second-order valence-electron chi connectivity index (χ2n) is 6.82. The minimum absolute atomic E-state index is 0.167. The lowest BCUT2D eigenvalue weighted by Gasteiger charge is -2.32. The number of benzene rings is 1. The molecule has 3 rings (SSSR count). The number of hydroxylamine groups is 1. The summed E-state index contributed by atoms with van der Waals surface area (Å²) < 4.78 is 27.1. The largest absolute Gasteiger partial charge is 0.465 e. The molecule has 1 aromatic carbocycles. The van der Waals surface area contributed by atoms with Gasteiger partial charge in [-0.3, -0.25) is 0 Å². The Kier molecular flexibility index (Phi) is 6.19. The maximum Gasteiger partial charge on any atom is 0.407 e. The number of carboxylic acid groups (broad SMARTS) is 1. The van der Waals surface area contributed by atoms with Gasteiger partial charge in [0.15, 0.2) is 0 Å². The number of hydrogen-bond acceptors (Lipinski definition) is 5. The number of nitrogens with zero attached hydrogens (tertiary/aromatic N) is 2. The summed E-state index contributed by atoms with van der Waals surface area (Å²) in [5.41, 5.74) is 3.76. The molecule has 0 saturated carbocycles. The molecule has 1 saturated heterocycles. The Morgan fingerprint density at radius 1 is 1.26 bits per heavy atom. The third kappa shape index (κ3) is 4.33. The molecular weight excluding hydrogens is 417 g/mol. The highest BCUT2D eigenvalue weighted by Gasteiger charge is 2.39. The van der Waals surface area contributed by atoms with Gasteiger partial charge in [-0.25, -0.2) is 13.2 Å². The van der Waals surface area contributed by atoms with Crippen LogP contribution in [0.2, 0.25) is 10.0 Å². The zero-order valence-corrected chi connectivity index (χ0v) is 16.8. The van der Waals surface area contributed by atoms with Crippen molar-refractivity contribution in [3.8, 4) is 0 Å². The van der Waals surface area contributed by atoms with E-state index in [1.54, 1.807) is 12.1 Å². The van der Waals surface area contributed by atoms with E-state index >= 15 is 0 Å². The van der Waals surface area contributed by atoms with Gasteiger partial charge >= 0.3 is 6.09 Å². The van der Waals surface area contributed by atoms with Gasteiger partial charge in [0.25, 0.3) is 0 Å². The summed E-state index contributed by atoms with van der Waals surface area (Å²) in [6.07, 6.45) is 0.518. The number of likely N-dealkylation sites (tertiary alicyclic amines) is 1. The Morgan fingerprint density at radius 3 is 2.56 bits per heavy atom. The standard InChI is InChI=1S/C16H21Cl2N3O5S/c17-12-6-10-3-5-20(8-11(10)7-13(12)18)27(25,26)9-14(19-24)15-2-1-4-21(15)16(22)23/h6-7,14-15,19,24H,1-5,8-9H2,(H,22,23). The quantitative estimate of drug-likeness (QED) is 0.608. The number of nitrogens with one attached hydrogen (secondary N) is 1. The molecule has 0 aliphatic carbocycles. The molecule has 2 aliphatic rings. The number of halogens is 2. The molecule has 0 radical (unpaired) electrons. The summed E-state index contributed by atoms with van der Waals surface area (Å²) in [7, 11) is -3.73. The first-order valence-corrected chi connectivity index (χ1v) is 10.9. The van der Waals surface area contributed by atoms with E-state index in [0.29, 0.717) is 42.4 Å². The van der Waals surface area contributed by atoms with Gasteiger partial charge in [-0.05, 0) is 42.5 Å². The molecule has 2 heterocycles. The van der Waals surface area contributed by atoms with Crippen molar-refractivity contribution in [3.05, 3.63) is 33.3 Å². The maximum atomic E-state index is 12.9. The summed E-state index contributed by atoms with van der Waals surface area (Å²) in [5, 5.41) is 19.6. The van der Waals surface area contributed by atoms with E-state index in [1.165, 1.54) is 9.21 Å². The lowest BCUT2D eigenvalue weighted by Crippen LogP contribution is -2.53. The van der Waals surface area contributed by atoms with Crippen molar-refractivity contribution in [1.82, 2.24) is 14.7 Å². The van der Waals surface area contributed by atoms with Gasteiger partial charge in [0.05, 0.1) is 27.9 Å². The Morgan fingerprint density at radius 2 is 1.93 bits per heavy atom. The second kappa shape index (κ2) is 8.10. The van der Waals surface area contributed by atoms with Crippen molar-refractivity contribution in [2.24, 2.45) is 0 Å². The molecule has 150 valence electrons. The van der Waals surface area contributed by atoms with E-state index < -0.39 is 34.0 Å². The lowest BCUT2D eigenvalue weighted by molar-refractivity contribution is 0.0807. The lowest BCUT2D eigenvalue weighted by atomic mass is 10.0. The van der Waals surface area contributed by atoms with Gasteiger partial charge in [-0.2, -0.15) is 9.79 Å². The maximum absolute atomic E-state index is 12.9. The summed E-state index contributed by atoms with van der Waals surface area (Å²) in [5.74, 6) is -0.394. The summed E-state index contributed by atoms with van der Waals surface area (Å²) in [6.45, 7) is 0.785. The minimum Gasteiger partial charge on any atom is -0.465 e. The van der Waals surface area contributed by atoms with Gasteiger partial charge in [0.1, 0.15) is 0 Å². The Bertz CT molecular complexity index is 836. The number of rotatable bonds is 5.